The molecule has 0 aliphatic heterocycles. The topological polar surface area (TPSA) is 103 Å². The molecular weight excluding hydrogens is 422 g/mol. The van der Waals surface area contributed by atoms with Crippen LogP contribution in [0.5, 0.6) is 5.75 Å². The standard InChI is InChI=1S/C25H21N3O5/c1-16-22(26-23(32-16)18-5-3-2-4-6-18)15-31-21-10-9-19-13-17(7-8-20(19)14-21)11-12-28-24(29)27-25(30)33-28/h2-10,13-14H,11-12,15H2,1H3,(H,27,29,30). The summed E-state index contributed by atoms with van der Waals surface area (Å²) in [5.74, 6) is 1.30. The van der Waals surface area contributed by atoms with Crippen LogP contribution in [0.1, 0.15) is 17.0 Å². The summed E-state index contributed by atoms with van der Waals surface area (Å²) in [6.07, 6.45) is 0.560. The predicted molar refractivity (Wildman–Crippen MR) is 122 cm³/mol. The molecule has 3 aromatic carbocycles. The summed E-state index contributed by atoms with van der Waals surface area (Å²) in [5.41, 5.74) is 2.17. The van der Waals surface area contributed by atoms with E-state index in [2.05, 4.69) is 9.97 Å². The van der Waals surface area contributed by atoms with Crippen molar-refractivity contribution < 1.29 is 13.7 Å². The molecule has 8 heteroatoms. The van der Waals surface area contributed by atoms with Crippen molar-refractivity contribution in [2.45, 2.75) is 26.5 Å². The summed E-state index contributed by atoms with van der Waals surface area (Å²) in [6.45, 7) is 2.47. The molecule has 0 saturated heterocycles. The third-order valence-electron chi connectivity index (χ3n) is 5.40. The highest BCUT2D eigenvalue weighted by atomic mass is 16.5. The second-order valence-electron chi connectivity index (χ2n) is 7.68. The van der Waals surface area contributed by atoms with Gasteiger partial charge < -0.3 is 13.7 Å². The minimum Gasteiger partial charge on any atom is -0.487 e. The van der Waals surface area contributed by atoms with Crippen LogP contribution < -0.4 is 16.2 Å². The Hall–Kier alpha value is -4.33. The summed E-state index contributed by atoms with van der Waals surface area (Å²) < 4.78 is 17.6. The molecule has 0 spiro atoms. The Bertz CT molecular complexity index is 1530. The Morgan fingerprint density at radius 1 is 1.00 bits per heavy atom. The first-order chi connectivity index (χ1) is 16.0. The first-order valence-corrected chi connectivity index (χ1v) is 10.5. The number of H-pyrrole nitrogens is 1. The van der Waals surface area contributed by atoms with E-state index in [0.29, 0.717) is 18.9 Å². The van der Waals surface area contributed by atoms with Crippen molar-refractivity contribution in [1.82, 2.24) is 14.7 Å². The molecule has 0 unspecified atom stereocenters. The van der Waals surface area contributed by atoms with Gasteiger partial charge in [-0.15, -0.1) is 0 Å². The summed E-state index contributed by atoms with van der Waals surface area (Å²) in [7, 11) is 0. The van der Waals surface area contributed by atoms with Gasteiger partial charge in [0.15, 0.2) is 0 Å². The van der Waals surface area contributed by atoms with Gasteiger partial charge in [-0.2, -0.15) is 4.74 Å². The van der Waals surface area contributed by atoms with Crippen LogP contribution in [0.15, 0.2) is 85.3 Å². The number of rotatable bonds is 7. The van der Waals surface area contributed by atoms with E-state index in [1.165, 1.54) is 0 Å². The van der Waals surface area contributed by atoms with E-state index in [0.717, 1.165) is 43.8 Å². The molecule has 0 atom stereocenters. The molecule has 5 aromatic rings. The van der Waals surface area contributed by atoms with Gasteiger partial charge in [0.25, 0.3) is 0 Å². The number of aromatic amines is 1. The number of ether oxygens (including phenoxy) is 1. The van der Waals surface area contributed by atoms with Crippen LogP contribution in [0.3, 0.4) is 0 Å². The van der Waals surface area contributed by atoms with Crippen LogP contribution in [0.25, 0.3) is 22.2 Å². The molecule has 0 saturated carbocycles. The number of hydrogen-bond acceptors (Lipinski definition) is 6. The van der Waals surface area contributed by atoms with Crippen molar-refractivity contribution in [2.24, 2.45) is 0 Å². The van der Waals surface area contributed by atoms with Gasteiger partial charge in [0.1, 0.15) is 23.8 Å². The third kappa shape index (κ3) is 4.50. The molecule has 0 aliphatic carbocycles. The van der Waals surface area contributed by atoms with Crippen LogP contribution in [0.2, 0.25) is 0 Å². The zero-order valence-corrected chi connectivity index (χ0v) is 17.9. The van der Waals surface area contributed by atoms with E-state index in [4.69, 9.17) is 13.7 Å². The highest BCUT2D eigenvalue weighted by Crippen LogP contribution is 2.25. The van der Waals surface area contributed by atoms with Gasteiger partial charge >= 0.3 is 11.4 Å². The Kier molecular flexibility index (Phi) is 5.40. The Labute approximate surface area is 188 Å². The van der Waals surface area contributed by atoms with Gasteiger partial charge in [-0.05, 0) is 53.9 Å². The maximum Gasteiger partial charge on any atom is 0.440 e. The van der Waals surface area contributed by atoms with Crippen molar-refractivity contribution in [1.29, 1.82) is 0 Å². The van der Waals surface area contributed by atoms with Gasteiger partial charge in [-0.1, -0.05) is 42.5 Å². The quantitative estimate of drug-likeness (QED) is 0.407. The van der Waals surface area contributed by atoms with Crippen molar-refractivity contribution in [3.8, 4) is 17.2 Å². The van der Waals surface area contributed by atoms with Crippen LogP contribution in [-0.2, 0) is 19.6 Å². The Balaban J connectivity index is 1.27. The third-order valence-corrected chi connectivity index (χ3v) is 5.40. The second-order valence-corrected chi connectivity index (χ2v) is 7.68. The summed E-state index contributed by atoms with van der Waals surface area (Å²) >= 11 is 0. The number of nitrogens with zero attached hydrogens (tertiary/aromatic N) is 2. The maximum atomic E-state index is 11.6. The molecule has 33 heavy (non-hydrogen) atoms. The van der Waals surface area contributed by atoms with Gasteiger partial charge in [-0.25, -0.2) is 19.6 Å². The van der Waals surface area contributed by atoms with Crippen LogP contribution in [0.4, 0.5) is 0 Å². The smallest absolute Gasteiger partial charge is 0.440 e. The molecule has 0 aliphatic rings. The highest BCUT2D eigenvalue weighted by molar-refractivity contribution is 5.84. The average Bonchev–Trinajstić information content (AvgIpc) is 3.37. The van der Waals surface area contributed by atoms with Gasteiger partial charge in [0.05, 0.1) is 6.54 Å². The lowest BCUT2D eigenvalue weighted by Gasteiger charge is -2.08. The van der Waals surface area contributed by atoms with E-state index < -0.39 is 11.4 Å². The Morgan fingerprint density at radius 3 is 2.58 bits per heavy atom. The van der Waals surface area contributed by atoms with Crippen molar-refractivity contribution >= 4 is 10.8 Å². The van der Waals surface area contributed by atoms with Crippen molar-refractivity contribution in [3.63, 3.8) is 0 Å². The van der Waals surface area contributed by atoms with Crippen LogP contribution >= 0.6 is 0 Å². The van der Waals surface area contributed by atoms with E-state index in [1.54, 1.807) is 0 Å². The number of benzene rings is 3. The predicted octanol–water partition coefficient (Wildman–Crippen LogP) is 4.07. The lowest BCUT2D eigenvalue weighted by molar-refractivity contribution is 0.243. The molecule has 2 aromatic heterocycles. The zero-order valence-electron chi connectivity index (χ0n) is 17.9. The maximum absolute atomic E-state index is 11.6. The molecule has 0 radical (unpaired) electrons. The summed E-state index contributed by atoms with van der Waals surface area (Å²) in [6, 6.07) is 21.7. The summed E-state index contributed by atoms with van der Waals surface area (Å²) in [5, 5.41) is 2.08. The van der Waals surface area contributed by atoms with Crippen molar-refractivity contribution in [2.75, 3.05) is 0 Å². The molecule has 8 nitrogen and oxygen atoms in total. The zero-order chi connectivity index (χ0) is 22.8. The number of hydrogen-bond donors (Lipinski definition) is 1. The first kappa shape index (κ1) is 20.6. The molecule has 1 N–H and O–H groups in total. The SMILES string of the molecule is Cc1oc(-c2ccccc2)nc1COc1ccc2cc(CCn3oc(=O)[nH]c3=O)ccc2c1. The molecule has 2 heterocycles. The van der Waals surface area contributed by atoms with Crippen molar-refractivity contribution in [3.05, 3.63) is 105 Å². The lowest BCUT2D eigenvalue weighted by Crippen LogP contribution is -2.17. The molecule has 0 fully saturated rings. The fraction of sp³-hybridized carbons (Fsp3) is 0.160. The average molecular weight is 443 g/mol. The molecule has 5 rings (SSSR count). The van der Waals surface area contributed by atoms with E-state index >= 15 is 0 Å². The van der Waals surface area contributed by atoms with E-state index in [9.17, 15) is 9.59 Å². The molecule has 166 valence electrons. The van der Waals surface area contributed by atoms with Gasteiger partial charge in [-0.3, -0.25) is 0 Å². The number of aryl methyl sites for hydroxylation is 3. The number of oxazole rings is 1. The minimum absolute atomic E-state index is 0.284. The second kappa shape index (κ2) is 8.66. The van der Waals surface area contributed by atoms with Gasteiger partial charge in [0, 0.05) is 5.56 Å². The molecular formula is C25H21N3O5. The van der Waals surface area contributed by atoms with Gasteiger partial charge in [0.2, 0.25) is 5.89 Å². The number of nitrogens with one attached hydrogen (secondary N) is 1. The van der Waals surface area contributed by atoms with Crippen LogP contribution in [0, 0.1) is 6.92 Å². The van der Waals surface area contributed by atoms with E-state index in [1.807, 2.05) is 73.7 Å². The first-order valence-electron chi connectivity index (χ1n) is 10.5. The fourth-order valence-electron chi connectivity index (χ4n) is 3.63. The Morgan fingerprint density at radius 2 is 1.79 bits per heavy atom. The number of fused-ring (bicyclic) bond motifs is 1. The number of aromatic nitrogens is 3. The lowest BCUT2D eigenvalue weighted by atomic mass is 10.0. The largest absolute Gasteiger partial charge is 0.487 e. The normalized spacial score (nSPS) is 11.2. The van der Waals surface area contributed by atoms with Crippen LogP contribution in [-0.4, -0.2) is 14.7 Å². The van der Waals surface area contributed by atoms with E-state index in [-0.39, 0.29) is 6.54 Å². The monoisotopic (exact) mass is 443 g/mol. The minimum atomic E-state index is -0.747. The molecule has 0 amide bonds. The highest BCUT2D eigenvalue weighted by Gasteiger charge is 2.12. The summed E-state index contributed by atoms with van der Waals surface area (Å²) in [4.78, 5) is 29.3. The molecule has 0 bridgehead atoms. The fourth-order valence-corrected chi connectivity index (χ4v) is 3.63.